The van der Waals surface area contributed by atoms with E-state index in [1.807, 2.05) is 53.1 Å². The minimum atomic E-state index is -0.139. The summed E-state index contributed by atoms with van der Waals surface area (Å²) >= 11 is 3.41. The first kappa shape index (κ1) is 14.8. The molecule has 0 saturated carbocycles. The lowest BCUT2D eigenvalue weighted by molar-refractivity contribution is 0.102. The van der Waals surface area contributed by atoms with E-state index in [0.29, 0.717) is 5.69 Å². The number of nitrogens with zero attached hydrogens (tertiary/aromatic N) is 2. The Bertz CT molecular complexity index is 826. The molecule has 22 heavy (non-hydrogen) atoms. The number of carbonyl (C=O) groups excluding carboxylic acids is 1. The SMILES string of the molecule is CCCc1nc2ccccn2c1C(=O)Nc1cccc(Br)c1. The van der Waals surface area contributed by atoms with Crippen molar-refractivity contribution < 1.29 is 4.79 Å². The maximum atomic E-state index is 12.7. The van der Waals surface area contributed by atoms with Gasteiger partial charge in [-0.1, -0.05) is 41.4 Å². The largest absolute Gasteiger partial charge is 0.321 e. The summed E-state index contributed by atoms with van der Waals surface area (Å²) in [5, 5.41) is 2.95. The highest BCUT2D eigenvalue weighted by atomic mass is 79.9. The van der Waals surface area contributed by atoms with Gasteiger partial charge in [0.15, 0.2) is 0 Å². The maximum Gasteiger partial charge on any atom is 0.274 e. The predicted molar refractivity (Wildman–Crippen MR) is 91.3 cm³/mol. The van der Waals surface area contributed by atoms with Gasteiger partial charge in [0.05, 0.1) is 5.69 Å². The fraction of sp³-hybridized carbons (Fsp3) is 0.176. The monoisotopic (exact) mass is 357 g/mol. The van der Waals surface area contributed by atoms with Crippen LogP contribution in [0.1, 0.15) is 29.5 Å². The van der Waals surface area contributed by atoms with Gasteiger partial charge in [-0.2, -0.15) is 0 Å². The van der Waals surface area contributed by atoms with E-state index in [4.69, 9.17) is 0 Å². The van der Waals surface area contributed by atoms with Gasteiger partial charge in [-0.25, -0.2) is 4.98 Å². The van der Waals surface area contributed by atoms with E-state index < -0.39 is 0 Å². The van der Waals surface area contributed by atoms with Crippen molar-refractivity contribution in [2.75, 3.05) is 5.32 Å². The molecule has 5 heteroatoms. The van der Waals surface area contributed by atoms with Crippen molar-refractivity contribution in [1.82, 2.24) is 9.38 Å². The topological polar surface area (TPSA) is 46.4 Å². The van der Waals surface area contributed by atoms with Crippen molar-refractivity contribution in [3.8, 4) is 0 Å². The van der Waals surface area contributed by atoms with E-state index in [0.717, 1.165) is 34.3 Å². The van der Waals surface area contributed by atoms with Crippen molar-refractivity contribution in [3.63, 3.8) is 0 Å². The molecule has 0 bridgehead atoms. The zero-order valence-corrected chi connectivity index (χ0v) is 13.8. The molecule has 0 spiro atoms. The number of hydrogen-bond donors (Lipinski definition) is 1. The molecule has 0 unspecified atom stereocenters. The highest BCUT2D eigenvalue weighted by Gasteiger charge is 2.18. The highest BCUT2D eigenvalue weighted by molar-refractivity contribution is 9.10. The second-order valence-corrected chi connectivity index (χ2v) is 5.97. The van der Waals surface area contributed by atoms with E-state index in [-0.39, 0.29) is 5.91 Å². The Morgan fingerprint density at radius 2 is 2.14 bits per heavy atom. The summed E-state index contributed by atoms with van der Waals surface area (Å²) in [5.41, 5.74) is 3.00. The van der Waals surface area contributed by atoms with E-state index in [2.05, 4.69) is 33.2 Å². The van der Waals surface area contributed by atoms with Crippen LogP contribution in [0.25, 0.3) is 5.65 Å². The van der Waals surface area contributed by atoms with Crippen molar-refractivity contribution >= 4 is 33.2 Å². The number of anilines is 1. The number of amides is 1. The third-order valence-corrected chi connectivity index (χ3v) is 3.88. The first-order chi connectivity index (χ1) is 10.7. The lowest BCUT2D eigenvalue weighted by atomic mass is 10.2. The fourth-order valence-corrected chi connectivity index (χ4v) is 2.85. The number of imidazole rings is 1. The van der Waals surface area contributed by atoms with Crippen LogP contribution in [0.5, 0.6) is 0 Å². The summed E-state index contributed by atoms with van der Waals surface area (Å²) in [4.78, 5) is 17.3. The summed E-state index contributed by atoms with van der Waals surface area (Å²) in [6, 6.07) is 13.3. The number of halogens is 1. The molecule has 0 aliphatic rings. The molecule has 2 aromatic heterocycles. The average Bonchev–Trinajstić information content (AvgIpc) is 2.85. The molecule has 3 rings (SSSR count). The highest BCUT2D eigenvalue weighted by Crippen LogP contribution is 2.19. The average molecular weight is 358 g/mol. The van der Waals surface area contributed by atoms with Crippen molar-refractivity contribution in [2.45, 2.75) is 19.8 Å². The van der Waals surface area contributed by atoms with E-state index in [1.165, 1.54) is 0 Å². The molecule has 0 radical (unpaired) electrons. The van der Waals surface area contributed by atoms with Gasteiger partial charge in [-0.15, -0.1) is 0 Å². The quantitative estimate of drug-likeness (QED) is 0.756. The summed E-state index contributed by atoms with van der Waals surface area (Å²) in [7, 11) is 0. The molecule has 112 valence electrons. The number of hydrogen-bond acceptors (Lipinski definition) is 2. The molecular formula is C17H16BrN3O. The molecule has 1 N–H and O–H groups in total. The lowest BCUT2D eigenvalue weighted by Crippen LogP contribution is -2.16. The molecular weight excluding hydrogens is 342 g/mol. The first-order valence-electron chi connectivity index (χ1n) is 7.22. The molecule has 0 atom stereocenters. The number of aryl methyl sites for hydroxylation is 1. The fourth-order valence-electron chi connectivity index (χ4n) is 2.45. The standard InChI is InChI=1S/C17H16BrN3O/c1-2-6-14-16(21-10-4-3-9-15(21)20-14)17(22)19-13-8-5-7-12(18)11-13/h3-5,7-11H,2,6H2,1H3,(H,19,22). The van der Waals surface area contributed by atoms with E-state index in [1.54, 1.807) is 0 Å². The number of carbonyl (C=O) groups is 1. The van der Waals surface area contributed by atoms with Crippen LogP contribution in [-0.2, 0) is 6.42 Å². The van der Waals surface area contributed by atoms with Gasteiger partial charge in [0.2, 0.25) is 0 Å². The van der Waals surface area contributed by atoms with E-state index in [9.17, 15) is 4.79 Å². The van der Waals surface area contributed by atoms with Crippen molar-refractivity contribution in [2.24, 2.45) is 0 Å². The van der Waals surface area contributed by atoms with Crippen LogP contribution in [-0.4, -0.2) is 15.3 Å². The zero-order chi connectivity index (χ0) is 15.5. The minimum absolute atomic E-state index is 0.139. The Labute approximate surface area is 137 Å². The number of aromatic nitrogens is 2. The third-order valence-electron chi connectivity index (χ3n) is 3.39. The number of pyridine rings is 1. The summed E-state index contributed by atoms with van der Waals surface area (Å²) in [6.45, 7) is 2.08. The second kappa shape index (κ2) is 6.32. The smallest absolute Gasteiger partial charge is 0.274 e. The summed E-state index contributed by atoms with van der Waals surface area (Å²) in [6.07, 6.45) is 3.60. The minimum Gasteiger partial charge on any atom is -0.321 e. The number of fused-ring (bicyclic) bond motifs is 1. The first-order valence-corrected chi connectivity index (χ1v) is 8.01. The molecule has 1 aromatic carbocycles. The Morgan fingerprint density at radius 1 is 1.27 bits per heavy atom. The van der Waals surface area contributed by atoms with Gasteiger partial charge < -0.3 is 5.32 Å². The molecule has 4 nitrogen and oxygen atoms in total. The van der Waals surface area contributed by atoms with Crippen molar-refractivity contribution in [1.29, 1.82) is 0 Å². The predicted octanol–water partition coefficient (Wildman–Crippen LogP) is 4.30. The van der Waals surface area contributed by atoms with Gasteiger partial charge in [0.1, 0.15) is 11.3 Å². The number of rotatable bonds is 4. The number of nitrogens with one attached hydrogen (secondary N) is 1. The summed E-state index contributed by atoms with van der Waals surface area (Å²) < 4.78 is 2.77. The van der Waals surface area contributed by atoms with Gasteiger partial charge in [-0.3, -0.25) is 9.20 Å². The Balaban J connectivity index is 2.00. The summed E-state index contributed by atoms with van der Waals surface area (Å²) in [5.74, 6) is -0.139. The van der Waals surface area contributed by atoms with Crippen molar-refractivity contribution in [3.05, 3.63) is 64.5 Å². The zero-order valence-electron chi connectivity index (χ0n) is 12.2. The molecule has 1 amide bonds. The van der Waals surface area contributed by atoms with Crippen LogP contribution in [0.3, 0.4) is 0 Å². The molecule has 0 aliphatic carbocycles. The molecule has 0 fully saturated rings. The Morgan fingerprint density at radius 3 is 2.91 bits per heavy atom. The molecule has 2 heterocycles. The Hall–Kier alpha value is -2.14. The molecule has 0 saturated heterocycles. The van der Waals surface area contributed by atoms with Crippen LogP contribution in [0.15, 0.2) is 53.1 Å². The molecule has 0 aliphatic heterocycles. The van der Waals surface area contributed by atoms with Crippen LogP contribution in [0, 0.1) is 0 Å². The number of benzene rings is 1. The van der Waals surface area contributed by atoms with Gasteiger partial charge in [0, 0.05) is 16.4 Å². The normalized spacial score (nSPS) is 10.8. The Kier molecular flexibility index (Phi) is 4.24. The molecule has 3 aromatic rings. The van der Waals surface area contributed by atoms with Crippen LogP contribution < -0.4 is 5.32 Å². The van der Waals surface area contributed by atoms with E-state index >= 15 is 0 Å². The van der Waals surface area contributed by atoms with Gasteiger partial charge in [0.25, 0.3) is 5.91 Å². The second-order valence-electron chi connectivity index (χ2n) is 5.05. The maximum absolute atomic E-state index is 12.7. The third kappa shape index (κ3) is 2.90. The van der Waals surface area contributed by atoms with Crippen LogP contribution >= 0.6 is 15.9 Å². The van der Waals surface area contributed by atoms with Gasteiger partial charge in [-0.05, 0) is 36.8 Å². The lowest BCUT2D eigenvalue weighted by Gasteiger charge is -2.07. The van der Waals surface area contributed by atoms with Crippen LogP contribution in [0.2, 0.25) is 0 Å². The van der Waals surface area contributed by atoms with Gasteiger partial charge >= 0.3 is 0 Å². The van der Waals surface area contributed by atoms with Crippen LogP contribution in [0.4, 0.5) is 5.69 Å².